The lowest BCUT2D eigenvalue weighted by atomic mass is 9.91. The zero-order valence-corrected chi connectivity index (χ0v) is 11.6. The normalized spacial score (nSPS) is 29.2. The van der Waals surface area contributed by atoms with Gasteiger partial charge in [0.2, 0.25) is 5.91 Å². The summed E-state index contributed by atoms with van der Waals surface area (Å²) in [6.45, 7) is 0.568. The van der Waals surface area contributed by atoms with Gasteiger partial charge in [0, 0.05) is 29.6 Å². The summed E-state index contributed by atoms with van der Waals surface area (Å²) in [4.78, 5) is 12.2. The smallest absolute Gasteiger partial charge is 0.223 e. The molecule has 0 spiro atoms. The summed E-state index contributed by atoms with van der Waals surface area (Å²) in [6.07, 6.45) is 4.42. The van der Waals surface area contributed by atoms with E-state index in [4.69, 9.17) is 11.6 Å². The number of hydrogen-bond donors (Lipinski definition) is 2. The van der Waals surface area contributed by atoms with Crippen molar-refractivity contribution in [2.24, 2.45) is 5.92 Å². The van der Waals surface area contributed by atoms with Crippen molar-refractivity contribution < 1.29 is 4.79 Å². The zero-order valence-electron chi connectivity index (χ0n) is 10.9. The van der Waals surface area contributed by atoms with Gasteiger partial charge in [-0.05, 0) is 43.4 Å². The van der Waals surface area contributed by atoms with Gasteiger partial charge in [-0.2, -0.15) is 0 Å². The Morgan fingerprint density at radius 1 is 1.32 bits per heavy atom. The van der Waals surface area contributed by atoms with Crippen LogP contribution in [0.3, 0.4) is 0 Å². The van der Waals surface area contributed by atoms with Crippen molar-refractivity contribution >= 4 is 17.5 Å². The molecule has 1 aromatic carbocycles. The van der Waals surface area contributed by atoms with Gasteiger partial charge in [0.05, 0.1) is 0 Å². The second-order valence-electron chi connectivity index (χ2n) is 5.65. The van der Waals surface area contributed by atoms with Gasteiger partial charge in [0.15, 0.2) is 0 Å². The first kappa shape index (κ1) is 12.9. The molecule has 2 aliphatic rings. The molecule has 2 heterocycles. The molecule has 2 bridgehead atoms. The number of piperidine rings is 1. The minimum absolute atomic E-state index is 0.179. The first-order valence-corrected chi connectivity index (χ1v) is 7.37. The molecule has 0 radical (unpaired) electrons. The third kappa shape index (κ3) is 3.10. The van der Waals surface area contributed by atoms with Crippen molar-refractivity contribution in [2.75, 3.05) is 0 Å². The van der Waals surface area contributed by atoms with E-state index in [1.165, 1.54) is 12.8 Å². The van der Waals surface area contributed by atoms with Crippen molar-refractivity contribution in [2.45, 2.75) is 44.3 Å². The lowest BCUT2D eigenvalue weighted by Crippen LogP contribution is -2.43. The summed E-state index contributed by atoms with van der Waals surface area (Å²) in [6, 6.07) is 8.75. The van der Waals surface area contributed by atoms with Crippen LogP contribution in [-0.4, -0.2) is 18.0 Å². The topological polar surface area (TPSA) is 41.1 Å². The molecule has 0 saturated carbocycles. The number of benzene rings is 1. The first-order valence-electron chi connectivity index (χ1n) is 6.99. The molecule has 3 nitrogen and oxygen atoms in total. The van der Waals surface area contributed by atoms with E-state index in [2.05, 4.69) is 10.6 Å². The zero-order chi connectivity index (χ0) is 13.2. The van der Waals surface area contributed by atoms with Gasteiger partial charge in [-0.3, -0.25) is 4.79 Å². The van der Waals surface area contributed by atoms with Gasteiger partial charge < -0.3 is 10.6 Å². The van der Waals surface area contributed by atoms with E-state index in [0.717, 1.165) is 18.4 Å². The molecule has 2 N–H and O–H groups in total. The summed E-state index contributed by atoms with van der Waals surface area (Å²) in [5, 5.41) is 7.31. The molecule has 102 valence electrons. The van der Waals surface area contributed by atoms with Crippen LogP contribution in [0.4, 0.5) is 0 Å². The number of nitrogens with one attached hydrogen (secondary N) is 2. The van der Waals surface area contributed by atoms with Crippen LogP contribution in [0.2, 0.25) is 5.02 Å². The van der Waals surface area contributed by atoms with E-state index in [9.17, 15) is 4.79 Å². The number of hydrogen-bond acceptors (Lipinski definition) is 2. The van der Waals surface area contributed by atoms with Crippen LogP contribution in [0.15, 0.2) is 24.3 Å². The number of carbonyl (C=O) groups excluding carboxylic acids is 1. The van der Waals surface area contributed by atoms with E-state index in [1.54, 1.807) is 0 Å². The van der Waals surface area contributed by atoms with Gasteiger partial charge in [-0.1, -0.05) is 23.7 Å². The van der Waals surface area contributed by atoms with Crippen molar-refractivity contribution in [3.05, 3.63) is 34.9 Å². The van der Waals surface area contributed by atoms with Crippen molar-refractivity contribution in [1.29, 1.82) is 0 Å². The fourth-order valence-electron chi connectivity index (χ4n) is 3.25. The number of halogens is 1. The van der Waals surface area contributed by atoms with Gasteiger partial charge >= 0.3 is 0 Å². The lowest BCUT2D eigenvalue weighted by molar-refractivity contribution is -0.126. The third-order valence-electron chi connectivity index (χ3n) is 4.20. The second-order valence-corrected chi connectivity index (χ2v) is 6.09. The fraction of sp³-hybridized carbons (Fsp3) is 0.533. The van der Waals surface area contributed by atoms with Gasteiger partial charge in [0.25, 0.3) is 0 Å². The molecule has 2 saturated heterocycles. The van der Waals surface area contributed by atoms with Crippen molar-refractivity contribution in [1.82, 2.24) is 10.6 Å². The Kier molecular flexibility index (Phi) is 3.76. The minimum atomic E-state index is 0.179. The Bertz CT molecular complexity index is 465. The summed E-state index contributed by atoms with van der Waals surface area (Å²) < 4.78 is 0. The first-order chi connectivity index (χ1) is 9.20. The highest BCUT2D eigenvalue weighted by molar-refractivity contribution is 6.30. The van der Waals surface area contributed by atoms with Crippen LogP contribution >= 0.6 is 11.6 Å². The van der Waals surface area contributed by atoms with Crippen LogP contribution in [-0.2, 0) is 11.3 Å². The SMILES string of the molecule is O=C(NCc1cccc(Cl)c1)[C@@H]1C[C@H]2CC[C@@H](C1)N2. The molecular formula is C15H19ClN2O. The second kappa shape index (κ2) is 5.51. The van der Waals surface area contributed by atoms with E-state index in [1.807, 2.05) is 24.3 Å². The molecule has 0 aromatic heterocycles. The molecular weight excluding hydrogens is 260 g/mol. The average molecular weight is 279 g/mol. The number of carbonyl (C=O) groups is 1. The van der Waals surface area contributed by atoms with Crippen LogP contribution in [0.25, 0.3) is 0 Å². The molecule has 4 heteroatoms. The van der Waals surface area contributed by atoms with E-state index in [0.29, 0.717) is 23.7 Å². The van der Waals surface area contributed by atoms with Crippen LogP contribution < -0.4 is 10.6 Å². The highest BCUT2D eigenvalue weighted by Crippen LogP contribution is 2.30. The maximum atomic E-state index is 12.2. The molecule has 0 unspecified atom stereocenters. The highest BCUT2D eigenvalue weighted by Gasteiger charge is 2.36. The van der Waals surface area contributed by atoms with Crippen LogP contribution in [0, 0.1) is 5.92 Å². The molecule has 2 aliphatic heterocycles. The fourth-order valence-corrected chi connectivity index (χ4v) is 3.46. The number of rotatable bonds is 3. The van der Waals surface area contributed by atoms with Crippen LogP contribution in [0.1, 0.15) is 31.2 Å². The molecule has 0 aliphatic carbocycles. The molecule has 3 atom stereocenters. The molecule has 19 heavy (non-hydrogen) atoms. The summed E-state index contributed by atoms with van der Waals surface area (Å²) in [5.41, 5.74) is 1.05. The van der Waals surface area contributed by atoms with Crippen LogP contribution in [0.5, 0.6) is 0 Å². The molecule has 1 amide bonds. The molecule has 1 aromatic rings. The summed E-state index contributed by atoms with van der Waals surface area (Å²) >= 11 is 5.93. The van der Waals surface area contributed by atoms with E-state index < -0.39 is 0 Å². The Morgan fingerprint density at radius 2 is 2.05 bits per heavy atom. The standard InChI is InChI=1S/C15H19ClN2O/c16-12-3-1-2-10(6-12)9-17-15(19)11-7-13-4-5-14(8-11)18-13/h1-3,6,11,13-14,18H,4-5,7-9H2,(H,17,19)/t11-,13-,14+. The Labute approximate surface area is 118 Å². The maximum Gasteiger partial charge on any atom is 0.223 e. The Balaban J connectivity index is 1.54. The largest absolute Gasteiger partial charge is 0.352 e. The molecule has 3 rings (SSSR count). The summed E-state index contributed by atoms with van der Waals surface area (Å²) in [7, 11) is 0. The predicted octanol–water partition coefficient (Wildman–Crippen LogP) is 2.49. The lowest BCUT2D eigenvalue weighted by Gasteiger charge is -2.28. The van der Waals surface area contributed by atoms with E-state index in [-0.39, 0.29) is 11.8 Å². The Morgan fingerprint density at radius 3 is 2.74 bits per heavy atom. The minimum Gasteiger partial charge on any atom is -0.352 e. The van der Waals surface area contributed by atoms with Gasteiger partial charge in [-0.25, -0.2) is 0 Å². The quantitative estimate of drug-likeness (QED) is 0.892. The predicted molar refractivity (Wildman–Crippen MR) is 76.0 cm³/mol. The number of fused-ring (bicyclic) bond motifs is 2. The Hall–Kier alpha value is -1.06. The number of amides is 1. The van der Waals surface area contributed by atoms with Gasteiger partial charge in [0.1, 0.15) is 0 Å². The maximum absolute atomic E-state index is 12.2. The third-order valence-corrected chi connectivity index (χ3v) is 4.43. The highest BCUT2D eigenvalue weighted by atomic mass is 35.5. The summed E-state index contributed by atoms with van der Waals surface area (Å²) in [5.74, 6) is 0.372. The monoisotopic (exact) mass is 278 g/mol. The van der Waals surface area contributed by atoms with Crippen molar-refractivity contribution in [3.63, 3.8) is 0 Å². The van der Waals surface area contributed by atoms with Crippen molar-refractivity contribution in [3.8, 4) is 0 Å². The molecule has 2 fully saturated rings. The average Bonchev–Trinajstić information content (AvgIpc) is 2.75. The van der Waals surface area contributed by atoms with Gasteiger partial charge in [-0.15, -0.1) is 0 Å². The van der Waals surface area contributed by atoms with E-state index >= 15 is 0 Å².